The first-order chi connectivity index (χ1) is 18.8. The van der Waals surface area contributed by atoms with Crippen molar-refractivity contribution < 1.29 is 21.6 Å². The number of carbonyl (C=O) groups is 1. The number of nitrogens with zero attached hydrogens (tertiary/aromatic N) is 4. The molecule has 0 radical (unpaired) electrons. The quantitative estimate of drug-likeness (QED) is 0.340. The van der Waals surface area contributed by atoms with E-state index in [2.05, 4.69) is 19.6 Å². The van der Waals surface area contributed by atoms with E-state index in [1.165, 1.54) is 59.3 Å². The molecule has 0 atom stereocenters. The molecule has 0 saturated carbocycles. The largest absolute Gasteiger partial charge is 0.295 e. The summed E-state index contributed by atoms with van der Waals surface area (Å²) in [5.41, 5.74) is 1.80. The molecule has 4 rings (SSSR count). The summed E-state index contributed by atoms with van der Waals surface area (Å²) in [5.74, 6) is -0.573. The van der Waals surface area contributed by atoms with Crippen LogP contribution in [0.5, 0.6) is 0 Å². The third-order valence-electron chi connectivity index (χ3n) is 5.47. The SMILES string of the molecule is Cc1[nH]n(-c2ccc(NS(C)(=O)=O)cc2)c(=O)c1C=C/C=C1\C(=O)N(c2ccc(NS(C)(=O)=O)cc2)N=C1C#N. The zero-order valence-corrected chi connectivity index (χ0v) is 23.0. The number of hydrazone groups is 1. The summed E-state index contributed by atoms with van der Waals surface area (Å²) < 4.78 is 51.6. The third-order valence-corrected chi connectivity index (χ3v) is 6.68. The van der Waals surface area contributed by atoms with Crippen LogP contribution in [0.1, 0.15) is 11.3 Å². The Hall–Kier alpha value is -4.94. The van der Waals surface area contributed by atoms with Crippen molar-refractivity contribution in [3.8, 4) is 11.8 Å². The van der Waals surface area contributed by atoms with E-state index < -0.39 is 26.0 Å². The lowest BCUT2D eigenvalue weighted by molar-refractivity contribution is -0.114. The maximum atomic E-state index is 13.0. The van der Waals surface area contributed by atoms with Crippen LogP contribution < -0.4 is 20.0 Å². The number of benzene rings is 2. The monoisotopic (exact) mass is 581 g/mol. The van der Waals surface area contributed by atoms with Gasteiger partial charge in [0.2, 0.25) is 20.0 Å². The van der Waals surface area contributed by atoms with Crippen molar-refractivity contribution in [3.05, 3.63) is 87.9 Å². The molecule has 13 nitrogen and oxygen atoms in total. The van der Waals surface area contributed by atoms with Crippen molar-refractivity contribution >= 4 is 54.8 Å². The molecule has 40 heavy (non-hydrogen) atoms. The Kier molecular flexibility index (Phi) is 7.49. The van der Waals surface area contributed by atoms with Crippen LogP contribution in [0, 0.1) is 18.3 Å². The first kappa shape index (κ1) is 28.1. The summed E-state index contributed by atoms with van der Waals surface area (Å²) in [6, 6.07) is 14.0. The van der Waals surface area contributed by atoms with Gasteiger partial charge in [-0.3, -0.25) is 24.1 Å². The molecule has 1 aromatic heterocycles. The first-order valence-corrected chi connectivity index (χ1v) is 15.2. The zero-order valence-electron chi connectivity index (χ0n) is 21.4. The van der Waals surface area contributed by atoms with Crippen molar-refractivity contribution in [1.29, 1.82) is 5.26 Å². The standard InChI is InChI=1S/C25H23N7O6S2/c1-16-21(24(33)31(27-16)19-11-7-17(8-12-19)29-39(2,35)36)5-4-6-22-23(15-26)28-32(25(22)34)20-13-9-18(10-14-20)30-40(3,37)38/h4-14,27,29-30H,1-3H3/b5-4?,22-6-. The van der Waals surface area contributed by atoms with Gasteiger partial charge in [0, 0.05) is 17.1 Å². The molecule has 0 fully saturated rings. The Balaban J connectivity index is 1.55. The van der Waals surface area contributed by atoms with Gasteiger partial charge in [0.25, 0.3) is 11.5 Å². The van der Waals surface area contributed by atoms with Gasteiger partial charge in [-0.25, -0.2) is 21.5 Å². The molecule has 1 aliphatic heterocycles. The van der Waals surface area contributed by atoms with E-state index in [-0.39, 0.29) is 16.8 Å². The first-order valence-electron chi connectivity index (χ1n) is 11.5. The molecule has 0 spiro atoms. The highest BCUT2D eigenvalue weighted by Crippen LogP contribution is 2.25. The fraction of sp³-hybridized carbons (Fsp3) is 0.120. The van der Waals surface area contributed by atoms with Crippen molar-refractivity contribution in [2.75, 3.05) is 27.0 Å². The molecule has 3 aromatic rings. The van der Waals surface area contributed by atoms with Crippen molar-refractivity contribution in [2.45, 2.75) is 6.92 Å². The van der Waals surface area contributed by atoms with E-state index >= 15 is 0 Å². The minimum absolute atomic E-state index is 0.0135. The Bertz CT molecular complexity index is 1890. The van der Waals surface area contributed by atoms with Gasteiger partial charge >= 0.3 is 0 Å². The second kappa shape index (κ2) is 10.7. The van der Waals surface area contributed by atoms with E-state index in [0.29, 0.717) is 34.0 Å². The van der Waals surface area contributed by atoms with Crippen LogP contribution in [0.4, 0.5) is 17.1 Å². The fourth-order valence-electron chi connectivity index (χ4n) is 3.78. The topological polar surface area (TPSA) is 187 Å². The molecule has 0 aliphatic carbocycles. The number of aryl methyl sites for hydroxylation is 1. The maximum Gasteiger partial charge on any atom is 0.281 e. The highest BCUT2D eigenvalue weighted by Gasteiger charge is 2.31. The summed E-state index contributed by atoms with van der Waals surface area (Å²) in [6.45, 7) is 1.69. The number of sulfonamides is 2. The van der Waals surface area contributed by atoms with Gasteiger partial charge in [-0.05, 0) is 67.6 Å². The number of aromatic amines is 1. The molecule has 206 valence electrons. The number of allylic oxidation sites excluding steroid dienone is 2. The van der Waals surface area contributed by atoms with E-state index in [0.717, 1.165) is 17.5 Å². The molecular formula is C25H23N7O6S2. The lowest BCUT2D eigenvalue weighted by Gasteiger charge is -2.12. The average Bonchev–Trinajstić information content (AvgIpc) is 3.33. The van der Waals surface area contributed by atoms with Crippen LogP contribution in [0.2, 0.25) is 0 Å². The molecule has 0 unspecified atom stereocenters. The number of carbonyl (C=O) groups excluding carboxylic acids is 1. The molecule has 0 saturated heterocycles. The predicted octanol–water partition coefficient (Wildman–Crippen LogP) is 2.08. The van der Waals surface area contributed by atoms with Gasteiger partial charge in [-0.15, -0.1) is 0 Å². The number of nitriles is 1. The van der Waals surface area contributed by atoms with E-state index in [1.807, 2.05) is 6.07 Å². The number of H-pyrrole nitrogens is 1. The molecule has 15 heteroatoms. The van der Waals surface area contributed by atoms with Crippen LogP contribution in [-0.2, 0) is 24.8 Å². The second-order valence-electron chi connectivity index (χ2n) is 8.75. The summed E-state index contributed by atoms with van der Waals surface area (Å²) in [5, 5.41) is 17.5. The third kappa shape index (κ3) is 6.37. The number of nitrogens with one attached hydrogen (secondary N) is 3. The second-order valence-corrected chi connectivity index (χ2v) is 12.2. The summed E-state index contributed by atoms with van der Waals surface area (Å²) in [4.78, 5) is 26.0. The predicted molar refractivity (Wildman–Crippen MR) is 152 cm³/mol. The van der Waals surface area contributed by atoms with E-state index in [4.69, 9.17) is 0 Å². The van der Waals surface area contributed by atoms with Crippen molar-refractivity contribution in [3.63, 3.8) is 0 Å². The minimum atomic E-state index is -3.47. The van der Waals surface area contributed by atoms with Crippen LogP contribution >= 0.6 is 0 Å². The number of anilines is 3. The molecule has 1 aliphatic rings. The fourth-order valence-corrected chi connectivity index (χ4v) is 4.91. The Morgan fingerprint density at radius 3 is 1.93 bits per heavy atom. The van der Waals surface area contributed by atoms with Gasteiger partial charge in [-0.2, -0.15) is 15.4 Å². The van der Waals surface area contributed by atoms with Gasteiger partial charge in [0.1, 0.15) is 6.07 Å². The maximum absolute atomic E-state index is 13.0. The highest BCUT2D eigenvalue weighted by molar-refractivity contribution is 7.92. The molecular weight excluding hydrogens is 558 g/mol. The molecule has 1 amide bonds. The lowest BCUT2D eigenvalue weighted by Crippen LogP contribution is -2.21. The highest BCUT2D eigenvalue weighted by atomic mass is 32.2. The number of amides is 1. The summed E-state index contributed by atoms with van der Waals surface area (Å²) in [7, 11) is -6.91. The molecule has 2 aromatic carbocycles. The van der Waals surface area contributed by atoms with Crippen LogP contribution in [-0.4, -0.2) is 50.7 Å². The number of hydrogen-bond donors (Lipinski definition) is 3. The lowest BCUT2D eigenvalue weighted by atomic mass is 10.1. The summed E-state index contributed by atoms with van der Waals surface area (Å²) in [6.07, 6.45) is 6.39. The van der Waals surface area contributed by atoms with Gasteiger partial charge in [-0.1, -0.05) is 6.08 Å². The minimum Gasteiger partial charge on any atom is -0.295 e. The number of rotatable bonds is 8. The number of aromatic nitrogens is 2. The van der Waals surface area contributed by atoms with Crippen LogP contribution in [0.15, 0.2) is 76.2 Å². The van der Waals surface area contributed by atoms with Gasteiger partial charge in [0.05, 0.1) is 35.0 Å². The molecule has 2 heterocycles. The smallest absolute Gasteiger partial charge is 0.281 e. The summed E-state index contributed by atoms with van der Waals surface area (Å²) >= 11 is 0. The molecule has 3 N–H and O–H groups in total. The Morgan fingerprint density at radius 2 is 1.43 bits per heavy atom. The van der Waals surface area contributed by atoms with E-state index in [1.54, 1.807) is 19.1 Å². The zero-order chi connectivity index (χ0) is 29.2. The van der Waals surface area contributed by atoms with Crippen molar-refractivity contribution in [1.82, 2.24) is 9.78 Å². The molecule has 0 bridgehead atoms. The van der Waals surface area contributed by atoms with Crippen LogP contribution in [0.25, 0.3) is 11.8 Å². The van der Waals surface area contributed by atoms with Gasteiger partial charge < -0.3 is 0 Å². The van der Waals surface area contributed by atoms with Crippen molar-refractivity contribution in [2.24, 2.45) is 5.10 Å². The van der Waals surface area contributed by atoms with E-state index in [9.17, 15) is 31.7 Å². The van der Waals surface area contributed by atoms with Crippen LogP contribution in [0.3, 0.4) is 0 Å². The normalized spacial score (nSPS) is 14.9. The average molecular weight is 582 g/mol. The van der Waals surface area contributed by atoms with Gasteiger partial charge in [0.15, 0.2) is 5.71 Å². The number of hydrogen-bond acceptors (Lipinski definition) is 8. The Morgan fingerprint density at radius 1 is 0.900 bits per heavy atom. The Labute approximate surface area is 229 Å².